The first kappa shape index (κ1) is 10.3. The summed E-state index contributed by atoms with van der Waals surface area (Å²) in [5, 5.41) is 3.20. The van der Waals surface area contributed by atoms with Crippen LogP contribution in [0.4, 0.5) is 0 Å². The summed E-state index contributed by atoms with van der Waals surface area (Å²) >= 11 is 0. The Hall–Kier alpha value is -0.820. The minimum absolute atomic E-state index is 0.715. The first-order chi connectivity index (χ1) is 6.22. The lowest BCUT2D eigenvalue weighted by Crippen LogP contribution is -2.17. The third-order valence-electron chi connectivity index (χ3n) is 2.26. The Kier molecular flexibility index (Phi) is 3.97. The van der Waals surface area contributed by atoms with Gasteiger partial charge in [-0.15, -0.1) is 0 Å². The van der Waals surface area contributed by atoms with Crippen molar-refractivity contribution in [1.29, 1.82) is 0 Å². The smallest absolute Gasteiger partial charge is 0.00230 e. The van der Waals surface area contributed by atoms with Crippen LogP contribution in [-0.2, 0) is 6.42 Å². The largest absolute Gasteiger partial charge is 0.319 e. The van der Waals surface area contributed by atoms with Crippen LogP contribution in [0.3, 0.4) is 0 Å². The maximum Gasteiger partial charge on any atom is -0.00230 e. The van der Waals surface area contributed by atoms with Gasteiger partial charge in [0.2, 0.25) is 0 Å². The number of hydrogen-bond acceptors (Lipinski definition) is 1. The van der Waals surface area contributed by atoms with E-state index in [0.717, 1.165) is 6.54 Å². The van der Waals surface area contributed by atoms with E-state index in [1.165, 1.54) is 17.5 Å². The Morgan fingerprint density at radius 3 is 2.38 bits per heavy atom. The van der Waals surface area contributed by atoms with Crippen LogP contribution in [0.25, 0.3) is 0 Å². The Morgan fingerprint density at radius 2 is 1.85 bits per heavy atom. The maximum atomic E-state index is 3.20. The Bertz CT molecular complexity index is 238. The zero-order valence-electron chi connectivity index (χ0n) is 8.80. The molecule has 0 amide bonds. The second-order valence-electron chi connectivity index (χ2n) is 3.85. The third kappa shape index (κ3) is 3.60. The fraction of sp³-hybridized carbons (Fsp3) is 0.500. The van der Waals surface area contributed by atoms with Crippen molar-refractivity contribution in [3.63, 3.8) is 0 Å². The van der Waals surface area contributed by atoms with Crippen molar-refractivity contribution in [2.75, 3.05) is 13.6 Å². The lowest BCUT2D eigenvalue weighted by molar-refractivity contribution is 0.542. The van der Waals surface area contributed by atoms with E-state index in [1.54, 1.807) is 0 Å². The van der Waals surface area contributed by atoms with Crippen molar-refractivity contribution in [3.8, 4) is 0 Å². The summed E-state index contributed by atoms with van der Waals surface area (Å²) in [4.78, 5) is 0. The number of nitrogens with one attached hydrogen (secondary N) is 1. The van der Waals surface area contributed by atoms with Crippen LogP contribution >= 0.6 is 0 Å². The average molecular weight is 177 g/mol. The molecule has 0 saturated carbocycles. The summed E-state index contributed by atoms with van der Waals surface area (Å²) in [6, 6.07) is 8.81. The highest BCUT2D eigenvalue weighted by Gasteiger charge is 2.01. The summed E-state index contributed by atoms with van der Waals surface area (Å²) in [5.41, 5.74) is 2.78. The van der Waals surface area contributed by atoms with E-state index in [4.69, 9.17) is 0 Å². The number of hydrogen-bond donors (Lipinski definition) is 1. The van der Waals surface area contributed by atoms with Gasteiger partial charge in [0.15, 0.2) is 0 Å². The summed E-state index contributed by atoms with van der Waals surface area (Å²) in [6.45, 7) is 5.49. The van der Waals surface area contributed by atoms with Crippen LogP contribution in [0.1, 0.15) is 18.1 Å². The van der Waals surface area contributed by atoms with Gasteiger partial charge in [0.25, 0.3) is 0 Å². The molecular weight excluding hydrogens is 158 g/mol. The van der Waals surface area contributed by atoms with Gasteiger partial charge in [0.05, 0.1) is 0 Å². The van der Waals surface area contributed by atoms with E-state index in [9.17, 15) is 0 Å². The SMILES string of the molecule is CNCC(C)Cc1ccc(C)cc1. The van der Waals surface area contributed by atoms with Crippen LogP contribution in [0.5, 0.6) is 0 Å². The van der Waals surface area contributed by atoms with Crippen LogP contribution in [-0.4, -0.2) is 13.6 Å². The summed E-state index contributed by atoms with van der Waals surface area (Å²) in [6.07, 6.45) is 1.17. The molecule has 0 spiro atoms. The Morgan fingerprint density at radius 1 is 1.23 bits per heavy atom. The number of benzene rings is 1. The van der Waals surface area contributed by atoms with Crippen LogP contribution in [0, 0.1) is 12.8 Å². The van der Waals surface area contributed by atoms with E-state index < -0.39 is 0 Å². The van der Waals surface area contributed by atoms with Gasteiger partial charge in [-0.3, -0.25) is 0 Å². The second-order valence-corrected chi connectivity index (χ2v) is 3.85. The molecule has 0 saturated heterocycles. The van der Waals surface area contributed by atoms with Gasteiger partial charge in [0.1, 0.15) is 0 Å². The van der Waals surface area contributed by atoms with E-state index in [1.807, 2.05) is 7.05 Å². The van der Waals surface area contributed by atoms with Crippen LogP contribution in [0.15, 0.2) is 24.3 Å². The standard InChI is InChI=1S/C12H19N/c1-10-4-6-12(7-5-10)8-11(2)9-13-3/h4-7,11,13H,8-9H2,1-3H3. The summed E-state index contributed by atoms with van der Waals surface area (Å²) in [5.74, 6) is 0.715. The molecule has 0 radical (unpaired) electrons. The first-order valence-corrected chi connectivity index (χ1v) is 4.92. The first-order valence-electron chi connectivity index (χ1n) is 4.92. The summed E-state index contributed by atoms with van der Waals surface area (Å²) in [7, 11) is 2.01. The van der Waals surface area contributed by atoms with Crippen molar-refractivity contribution in [2.45, 2.75) is 20.3 Å². The number of aryl methyl sites for hydroxylation is 1. The lowest BCUT2D eigenvalue weighted by Gasteiger charge is -2.10. The van der Waals surface area contributed by atoms with E-state index in [2.05, 4.69) is 43.4 Å². The molecule has 0 fully saturated rings. The molecule has 0 aliphatic rings. The van der Waals surface area contributed by atoms with E-state index in [0.29, 0.717) is 5.92 Å². The molecule has 1 atom stereocenters. The maximum absolute atomic E-state index is 3.20. The molecule has 1 aromatic carbocycles. The molecule has 0 aromatic heterocycles. The average Bonchev–Trinajstić information content (AvgIpc) is 2.09. The van der Waals surface area contributed by atoms with Crippen molar-refractivity contribution in [3.05, 3.63) is 35.4 Å². The predicted octanol–water partition coefficient (Wildman–Crippen LogP) is 2.39. The molecule has 1 aromatic rings. The zero-order chi connectivity index (χ0) is 9.68. The van der Waals surface area contributed by atoms with Crippen LogP contribution in [0.2, 0.25) is 0 Å². The van der Waals surface area contributed by atoms with Gasteiger partial charge in [0, 0.05) is 0 Å². The second kappa shape index (κ2) is 5.03. The molecule has 0 aliphatic carbocycles. The molecule has 0 aliphatic heterocycles. The van der Waals surface area contributed by atoms with Crippen molar-refractivity contribution < 1.29 is 0 Å². The molecule has 72 valence electrons. The molecule has 1 nitrogen and oxygen atoms in total. The predicted molar refractivity (Wildman–Crippen MR) is 58.0 cm³/mol. The quantitative estimate of drug-likeness (QED) is 0.744. The molecular formula is C12H19N. The molecule has 1 N–H and O–H groups in total. The van der Waals surface area contributed by atoms with Crippen molar-refractivity contribution >= 4 is 0 Å². The molecule has 1 rings (SSSR count). The molecule has 1 heteroatoms. The lowest BCUT2D eigenvalue weighted by atomic mass is 10.0. The Labute approximate surface area is 81.2 Å². The van der Waals surface area contributed by atoms with Crippen LogP contribution < -0.4 is 5.32 Å². The fourth-order valence-corrected chi connectivity index (χ4v) is 1.55. The normalized spacial score (nSPS) is 12.8. The van der Waals surface area contributed by atoms with E-state index in [-0.39, 0.29) is 0 Å². The van der Waals surface area contributed by atoms with Gasteiger partial charge in [-0.2, -0.15) is 0 Å². The minimum atomic E-state index is 0.715. The number of rotatable bonds is 4. The van der Waals surface area contributed by atoms with Gasteiger partial charge >= 0.3 is 0 Å². The highest BCUT2D eigenvalue weighted by molar-refractivity contribution is 5.21. The highest BCUT2D eigenvalue weighted by atomic mass is 14.8. The van der Waals surface area contributed by atoms with Gasteiger partial charge < -0.3 is 5.32 Å². The van der Waals surface area contributed by atoms with Gasteiger partial charge in [-0.05, 0) is 38.4 Å². The highest BCUT2D eigenvalue weighted by Crippen LogP contribution is 2.08. The summed E-state index contributed by atoms with van der Waals surface area (Å²) < 4.78 is 0. The van der Waals surface area contributed by atoms with Crippen molar-refractivity contribution in [1.82, 2.24) is 5.32 Å². The minimum Gasteiger partial charge on any atom is -0.319 e. The Balaban J connectivity index is 2.49. The van der Waals surface area contributed by atoms with Crippen molar-refractivity contribution in [2.24, 2.45) is 5.92 Å². The monoisotopic (exact) mass is 177 g/mol. The zero-order valence-corrected chi connectivity index (χ0v) is 8.80. The van der Waals surface area contributed by atoms with Gasteiger partial charge in [-0.1, -0.05) is 36.8 Å². The molecule has 0 bridgehead atoms. The van der Waals surface area contributed by atoms with E-state index >= 15 is 0 Å². The molecule has 1 unspecified atom stereocenters. The fourth-order valence-electron chi connectivity index (χ4n) is 1.55. The molecule has 0 heterocycles. The molecule has 13 heavy (non-hydrogen) atoms. The van der Waals surface area contributed by atoms with Gasteiger partial charge in [-0.25, -0.2) is 0 Å². The third-order valence-corrected chi connectivity index (χ3v) is 2.26. The topological polar surface area (TPSA) is 12.0 Å².